The molecule has 1 amide bonds. The van der Waals surface area contributed by atoms with Crippen LogP contribution in [0.4, 0.5) is 5.69 Å². The van der Waals surface area contributed by atoms with Gasteiger partial charge in [0.1, 0.15) is 25.0 Å². The SMILES string of the molecule is N#Cc1ccc2cccc(NC(=O)C[C@H]3CC[C@H](NCc4cc5c(cn4)OCCO5)CN3)c2n1. The number of nitriles is 1. The van der Waals surface area contributed by atoms with Crippen LogP contribution in [0.15, 0.2) is 42.6 Å². The van der Waals surface area contributed by atoms with Gasteiger partial charge in [-0.3, -0.25) is 9.78 Å². The van der Waals surface area contributed by atoms with Crippen LogP contribution in [0.1, 0.15) is 30.7 Å². The number of carbonyl (C=O) groups is 1. The van der Waals surface area contributed by atoms with E-state index in [2.05, 4.69) is 25.9 Å². The number of hydrogen-bond acceptors (Lipinski definition) is 8. The maximum Gasteiger partial charge on any atom is 0.225 e. The second-order valence-corrected chi connectivity index (χ2v) is 8.52. The molecule has 3 N–H and O–H groups in total. The topological polar surface area (TPSA) is 121 Å². The number of benzene rings is 1. The van der Waals surface area contributed by atoms with E-state index < -0.39 is 0 Å². The van der Waals surface area contributed by atoms with E-state index in [0.29, 0.717) is 54.9 Å². The number of nitrogens with one attached hydrogen (secondary N) is 3. The van der Waals surface area contributed by atoms with Gasteiger partial charge in [-0.05, 0) is 31.0 Å². The molecule has 174 valence electrons. The maximum absolute atomic E-state index is 12.7. The molecule has 0 aliphatic carbocycles. The van der Waals surface area contributed by atoms with E-state index in [9.17, 15) is 4.79 Å². The zero-order valence-corrected chi connectivity index (χ0v) is 18.7. The molecular formula is C25H26N6O3. The first-order valence-electron chi connectivity index (χ1n) is 11.5. The monoisotopic (exact) mass is 458 g/mol. The van der Waals surface area contributed by atoms with Gasteiger partial charge < -0.3 is 25.4 Å². The van der Waals surface area contributed by atoms with Gasteiger partial charge in [-0.15, -0.1) is 0 Å². The number of ether oxygens (including phenoxy) is 2. The van der Waals surface area contributed by atoms with Crippen molar-refractivity contribution in [3.05, 3.63) is 54.0 Å². The predicted molar refractivity (Wildman–Crippen MR) is 127 cm³/mol. The Bertz CT molecular complexity index is 1230. The van der Waals surface area contributed by atoms with Crippen LogP contribution in [-0.2, 0) is 11.3 Å². The number of piperidine rings is 1. The summed E-state index contributed by atoms with van der Waals surface area (Å²) in [5.41, 5.74) is 2.49. The minimum absolute atomic E-state index is 0.0685. The molecule has 9 nitrogen and oxygen atoms in total. The second-order valence-electron chi connectivity index (χ2n) is 8.52. The Morgan fingerprint density at radius 1 is 1.18 bits per heavy atom. The minimum atomic E-state index is -0.0685. The number of para-hydroxylation sites is 1. The summed E-state index contributed by atoms with van der Waals surface area (Å²) in [6, 6.07) is 13.5. The van der Waals surface area contributed by atoms with Crippen LogP contribution in [0.2, 0.25) is 0 Å². The summed E-state index contributed by atoms with van der Waals surface area (Å²) < 4.78 is 11.1. The normalized spacial score (nSPS) is 19.4. The molecule has 0 saturated carbocycles. The number of fused-ring (bicyclic) bond motifs is 2. The average molecular weight is 459 g/mol. The van der Waals surface area contributed by atoms with Crippen molar-refractivity contribution in [1.29, 1.82) is 5.26 Å². The highest BCUT2D eigenvalue weighted by molar-refractivity contribution is 6.00. The third-order valence-electron chi connectivity index (χ3n) is 6.12. The van der Waals surface area contributed by atoms with Crippen molar-refractivity contribution >= 4 is 22.5 Å². The van der Waals surface area contributed by atoms with Gasteiger partial charge in [-0.25, -0.2) is 4.98 Å². The lowest BCUT2D eigenvalue weighted by Gasteiger charge is -2.30. The van der Waals surface area contributed by atoms with E-state index in [1.165, 1.54) is 0 Å². The van der Waals surface area contributed by atoms with Crippen LogP contribution >= 0.6 is 0 Å². The van der Waals surface area contributed by atoms with E-state index in [1.54, 1.807) is 12.3 Å². The minimum Gasteiger partial charge on any atom is -0.486 e. The fraction of sp³-hybridized carbons (Fsp3) is 0.360. The predicted octanol–water partition coefficient (Wildman–Crippen LogP) is 2.51. The summed E-state index contributed by atoms with van der Waals surface area (Å²) in [4.78, 5) is 21.5. The second kappa shape index (κ2) is 10.0. The number of aromatic nitrogens is 2. The molecule has 5 rings (SSSR count). The summed E-state index contributed by atoms with van der Waals surface area (Å²) in [6.07, 6.45) is 3.96. The number of nitrogens with zero attached hydrogens (tertiary/aromatic N) is 3. The molecule has 0 spiro atoms. The van der Waals surface area contributed by atoms with E-state index in [1.807, 2.05) is 36.4 Å². The van der Waals surface area contributed by atoms with Gasteiger partial charge in [0.15, 0.2) is 11.5 Å². The highest BCUT2D eigenvalue weighted by Gasteiger charge is 2.23. The Morgan fingerprint density at radius 2 is 2.06 bits per heavy atom. The summed E-state index contributed by atoms with van der Waals surface area (Å²) >= 11 is 0. The van der Waals surface area contributed by atoms with Crippen molar-refractivity contribution < 1.29 is 14.3 Å². The Labute approximate surface area is 197 Å². The van der Waals surface area contributed by atoms with Gasteiger partial charge in [0.25, 0.3) is 0 Å². The number of anilines is 1. The summed E-state index contributed by atoms with van der Waals surface area (Å²) in [5, 5.41) is 20.0. The lowest BCUT2D eigenvalue weighted by atomic mass is 9.98. The summed E-state index contributed by atoms with van der Waals surface area (Å²) in [7, 11) is 0. The zero-order chi connectivity index (χ0) is 23.3. The molecule has 1 aromatic carbocycles. The Morgan fingerprint density at radius 3 is 2.88 bits per heavy atom. The standard InChI is InChI=1S/C25H26N6O3/c26-12-18-5-4-16-2-1-3-21(25(16)30-18)31-24(32)11-17-6-7-19(13-27-17)28-14-20-10-22-23(15-29-20)34-9-8-33-22/h1-5,10,15,17,19,27-28H,6-9,11,13-14H2,(H,31,32)/t17-,19+/m1/s1. The molecule has 0 radical (unpaired) electrons. The quantitative estimate of drug-likeness (QED) is 0.515. The fourth-order valence-electron chi connectivity index (χ4n) is 4.33. The van der Waals surface area contributed by atoms with Crippen molar-refractivity contribution in [2.75, 3.05) is 25.1 Å². The number of hydrogen-bond donors (Lipinski definition) is 3. The molecule has 3 aromatic rings. The van der Waals surface area contributed by atoms with E-state index in [0.717, 1.165) is 36.2 Å². The molecule has 0 bridgehead atoms. The largest absolute Gasteiger partial charge is 0.486 e. The molecule has 2 aliphatic heterocycles. The summed E-state index contributed by atoms with van der Waals surface area (Å²) in [6.45, 7) is 2.54. The number of amides is 1. The molecule has 1 fully saturated rings. The highest BCUT2D eigenvalue weighted by atomic mass is 16.6. The first kappa shape index (κ1) is 22.1. The van der Waals surface area contributed by atoms with Gasteiger partial charge in [0.05, 0.1) is 23.1 Å². The van der Waals surface area contributed by atoms with E-state index >= 15 is 0 Å². The number of pyridine rings is 2. The van der Waals surface area contributed by atoms with Crippen molar-refractivity contribution in [3.63, 3.8) is 0 Å². The molecule has 2 aromatic heterocycles. The van der Waals surface area contributed by atoms with Crippen LogP contribution < -0.4 is 25.4 Å². The van der Waals surface area contributed by atoms with Crippen molar-refractivity contribution in [2.45, 2.75) is 37.9 Å². The first-order chi connectivity index (χ1) is 16.7. The third kappa shape index (κ3) is 5.09. The number of carbonyl (C=O) groups excluding carboxylic acids is 1. The Hall–Kier alpha value is -3.74. The van der Waals surface area contributed by atoms with Crippen molar-refractivity contribution in [1.82, 2.24) is 20.6 Å². The van der Waals surface area contributed by atoms with Crippen LogP contribution in [0.25, 0.3) is 10.9 Å². The van der Waals surface area contributed by atoms with E-state index in [4.69, 9.17) is 14.7 Å². The van der Waals surface area contributed by atoms with Crippen LogP contribution in [0.3, 0.4) is 0 Å². The van der Waals surface area contributed by atoms with Gasteiger partial charge in [-0.2, -0.15) is 5.26 Å². The first-order valence-corrected chi connectivity index (χ1v) is 11.5. The van der Waals surface area contributed by atoms with Gasteiger partial charge in [0, 0.05) is 43.0 Å². The Balaban J connectivity index is 1.10. The number of rotatable bonds is 6. The molecule has 1 saturated heterocycles. The molecule has 0 unspecified atom stereocenters. The van der Waals surface area contributed by atoms with Gasteiger partial charge in [0.2, 0.25) is 5.91 Å². The van der Waals surface area contributed by atoms with Gasteiger partial charge >= 0.3 is 0 Å². The lowest BCUT2D eigenvalue weighted by Crippen LogP contribution is -2.48. The zero-order valence-electron chi connectivity index (χ0n) is 18.7. The smallest absolute Gasteiger partial charge is 0.225 e. The van der Waals surface area contributed by atoms with Crippen molar-refractivity contribution in [2.24, 2.45) is 0 Å². The average Bonchev–Trinajstić information content (AvgIpc) is 2.88. The van der Waals surface area contributed by atoms with E-state index in [-0.39, 0.29) is 11.9 Å². The lowest BCUT2D eigenvalue weighted by molar-refractivity contribution is -0.116. The van der Waals surface area contributed by atoms with Crippen LogP contribution in [0.5, 0.6) is 11.5 Å². The molecular weight excluding hydrogens is 432 g/mol. The highest BCUT2D eigenvalue weighted by Crippen LogP contribution is 2.29. The van der Waals surface area contributed by atoms with Crippen LogP contribution in [0, 0.1) is 11.3 Å². The van der Waals surface area contributed by atoms with Crippen molar-refractivity contribution in [3.8, 4) is 17.6 Å². The summed E-state index contributed by atoms with van der Waals surface area (Å²) in [5.74, 6) is 1.37. The third-order valence-corrected chi connectivity index (χ3v) is 6.12. The maximum atomic E-state index is 12.7. The Kier molecular flexibility index (Phi) is 6.51. The molecule has 4 heterocycles. The molecule has 34 heavy (non-hydrogen) atoms. The van der Waals surface area contributed by atoms with Gasteiger partial charge in [-0.1, -0.05) is 12.1 Å². The molecule has 2 aliphatic rings. The molecule has 2 atom stereocenters. The fourth-order valence-corrected chi connectivity index (χ4v) is 4.33. The van der Waals surface area contributed by atoms with Crippen LogP contribution in [-0.4, -0.2) is 47.7 Å². The molecule has 9 heteroatoms.